The first-order valence-corrected chi connectivity index (χ1v) is 7.44. The summed E-state index contributed by atoms with van der Waals surface area (Å²) < 4.78 is 5.96. The van der Waals surface area contributed by atoms with Gasteiger partial charge in [0, 0.05) is 36.5 Å². The van der Waals surface area contributed by atoms with Crippen molar-refractivity contribution in [2.75, 3.05) is 27.2 Å². The van der Waals surface area contributed by atoms with Crippen LogP contribution in [0.1, 0.15) is 16.1 Å². The van der Waals surface area contributed by atoms with Crippen molar-refractivity contribution in [2.24, 2.45) is 0 Å². The van der Waals surface area contributed by atoms with Gasteiger partial charge in [0.25, 0.3) is 5.91 Å². The monoisotopic (exact) mass is 296 g/mol. The van der Waals surface area contributed by atoms with Crippen molar-refractivity contribution < 1.29 is 9.21 Å². The van der Waals surface area contributed by atoms with E-state index in [-0.39, 0.29) is 5.91 Å². The lowest BCUT2D eigenvalue weighted by Gasteiger charge is -2.15. The maximum absolute atomic E-state index is 12.6. The van der Waals surface area contributed by atoms with Crippen LogP contribution in [0, 0.1) is 6.92 Å². The summed E-state index contributed by atoms with van der Waals surface area (Å²) in [6.07, 6.45) is 0. The molecule has 22 heavy (non-hydrogen) atoms. The van der Waals surface area contributed by atoms with Gasteiger partial charge in [0.2, 0.25) is 0 Å². The van der Waals surface area contributed by atoms with Crippen LogP contribution < -0.4 is 5.32 Å². The van der Waals surface area contributed by atoms with Crippen LogP contribution in [0.3, 0.4) is 0 Å². The van der Waals surface area contributed by atoms with Crippen LogP contribution in [-0.2, 0) is 0 Å². The Labute approximate surface area is 129 Å². The lowest BCUT2D eigenvalue weighted by molar-refractivity contribution is 0.0767. The molecule has 4 heteroatoms. The summed E-state index contributed by atoms with van der Waals surface area (Å²) in [5.74, 6) is 0.359. The van der Waals surface area contributed by atoms with Gasteiger partial charge in [-0.1, -0.05) is 36.4 Å². The van der Waals surface area contributed by atoms with E-state index < -0.39 is 0 Å². The van der Waals surface area contributed by atoms with Crippen LogP contribution >= 0.6 is 0 Å². The molecule has 3 aromatic rings. The fourth-order valence-corrected chi connectivity index (χ4v) is 2.71. The quantitative estimate of drug-likeness (QED) is 0.804. The van der Waals surface area contributed by atoms with Crippen LogP contribution in [0.5, 0.6) is 0 Å². The van der Waals surface area contributed by atoms with Gasteiger partial charge in [-0.15, -0.1) is 0 Å². The molecule has 0 radical (unpaired) electrons. The molecule has 4 nitrogen and oxygen atoms in total. The number of furan rings is 1. The minimum Gasteiger partial charge on any atom is -0.450 e. The van der Waals surface area contributed by atoms with Crippen LogP contribution in [0.2, 0.25) is 0 Å². The maximum Gasteiger partial charge on any atom is 0.289 e. The van der Waals surface area contributed by atoms with Crippen molar-refractivity contribution in [2.45, 2.75) is 6.92 Å². The number of hydrogen-bond acceptors (Lipinski definition) is 3. The molecule has 0 atom stereocenters. The van der Waals surface area contributed by atoms with E-state index in [4.69, 9.17) is 4.42 Å². The van der Waals surface area contributed by atoms with Gasteiger partial charge in [-0.05, 0) is 19.4 Å². The van der Waals surface area contributed by atoms with E-state index in [2.05, 4.69) is 11.4 Å². The molecule has 0 fully saturated rings. The Morgan fingerprint density at radius 3 is 2.73 bits per heavy atom. The molecule has 0 saturated heterocycles. The van der Waals surface area contributed by atoms with E-state index in [9.17, 15) is 4.79 Å². The molecule has 1 aromatic heterocycles. The number of nitrogens with zero attached hydrogens (tertiary/aromatic N) is 1. The minimum absolute atomic E-state index is 0.0759. The Bertz CT molecular complexity index is 836. The molecular weight excluding hydrogens is 276 g/mol. The van der Waals surface area contributed by atoms with Crippen LogP contribution in [0.25, 0.3) is 21.7 Å². The largest absolute Gasteiger partial charge is 0.450 e. The van der Waals surface area contributed by atoms with Gasteiger partial charge in [-0.2, -0.15) is 0 Å². The van der Waals surface area contributed by atoms with Gasteiger partial charge < -0.3 is 14.6 Å². The summed E-state index contributed by atoms with van der Waals surface area (Å²) in [4.78, 5) is 14.3. The van der Waals surface area contributed by atoms with Gasteiger partial charge in [0.1, 0.15) is 5.58 Å². The van der Waals surface area contributed by atoms with E-state index in [0.717, 1.165) is 33.8 Å². The van der Waals surface area contributed by atoms with Crippen molar-refractivity contribution >= 4 is 27.6 Å². The third kappa shape index (κ3) is 2.35. The van der Waals surface area contributed by atoms with E-state index in [1.54, 1.807) is 11.9 Å². The lowest BCUT2D eigenvalue weighted by atomic mass is 10.1. The van der Waals surface area contributed by atoms with Crippen molar-refractivity contribution in [3.8, 4) is 0 Å². The first-order valence-electron chi connectivity index (χ1n) is 7.44. The zero-order valence-corrected chi connectivity index (χ0v) is 13.1. The lowest BCUT2D eigenvalue weighted by Crippen LogP contribution is -2.32. The average Bonchev–Trinajstić information content (AvgIpc) is 2.89. The Morgan fingerprint density at radius 2 is 1.95 bits per heavy atom. The summed E-state index contributed by atoms with van der Waals surface area (Å²) in [6.45, 7) is 3.34. The van der Waals surface area contributed by atoms with Crippen LogP contribution in [-0.4, -0.2) is 38.0 Å². The number of carbonyl (C=O) groups is 1. The first-order chi connectivity index (χ1) is 10.6. The summed E-state index contributed by atoms with van der Waals surface area (Å²) >= 11 is 0. The summed E-state index contributed by atoms with van der Waals surface area (Å²) in [5.41, 5.74) is 1.70. The van der Waals surface area contributed by atoms with Crippen LogP contribution in [0.15, 0.2) is 40.8 Å². The Kier molecular flexibility index (Phi) is 3.86. The second-order valence-electron chi connectivity index (χ2n) is 5.55. The zero-order chi connectivity index (χ0) is 15.7. The van der Waals surface area contributed by atoms with Gasteiger partial charge >= 0.3 is 0 Å². The topological polar surface area (TPSA) is 45.5 Å². The molecule has 0 saturated carbocycles. The van der Waals surface area contributed by atoms with Crippen molar-refractivity contribution in [3.63, 3.8) is 0 Å². The third-order valence-electron chi connectivity index (χ3n) is 4.07. The van der Waals surface area contributed by atoms with E-state index >= 15 is 0 Å². The van der Waals surface area contributed by atoms with Gasteiger partial charge in [-0.3, -0.25) is 4.79 Å². The molecule has 0 aliphatic heterocycles. The minimum atomic E-state index is -0.0759. The highest BCUT2D eigenvalue weighted by atomic mass is 16.3. The molecule has 3 rings (SSSR count). The average molecular weight is 296 g/mol. The molecule has 0 aliphatic carbocycles. The number of hydrogen-bond donors (Lipinski definition) is 1. The highest BCUT2D eigenvalue weighted by molar-refractivity contribution is 6.08. The Morgan fingerprint density at radius 1 is 1.18 bits per heavy atom. The Hall–Kier alpha value is -2.33. The zero-order valence-electron chi connectivity index (χ0n) is 13.1. The van der Waals surface area contributed by atoms with Gasteiger partial charge in [0.15, 0.2) is 5.76 Å². The second kappa shape index (κ2) is 5.81. The number of likely N-dealkylation sites (N-methyl/N-ethyl adjacent to an activating group) is 2. The number of fused-ring (bicyclic) bond motifs is 3. The standard InChI is InChI=1S/C18H20N2O2/c1-12-14-9-8-13-6-4-5-7-15(13)17(14)22-16(12)18(21)20(3)11-10-19-2/h4-9,19H,10-11H2,1-3H3. The smallest absolute Gasteiger partial charge is 0.289 e. The van der Waals surface area contributed by atoms with Gasteiger partial charge in [0.05, 0.1) is 0 Å². The van der Waals surface area contributed by atoms with Gasteiger partial charge in [-0.25, -0.2) is 0 Å². The highest BCUT2D eigenvalue weighted by Gasteiger charge is 2.21. The van der Waals surface area contributed by atoms with Crippen LogP contribution in [0.4, 0.5) is 0 Å². The number of nitrogens with one attached hydrogen (secondary N) is 1. The molecule has 1 heterocycles. The molecular formula is C18H20N2O2. The Balaban J connectivity index is 2.09. The van der Waals surface area contributed by atoms with E-state index in [1.807, 2.05) is 44.3 Å². The first kappa shape index (κ1) is 14.6. The third-order valence-corrected chi connectivity index (χ3v) is 4.07. The maximum atomic E-state index is 12.6. The molecule has 0 aliphatic rings. The number of rotatable bonds is 4. The second-order valence-corrected chi connectivity index (χ2v) is 5.55. The molecule has 114 valence electrons. The van der Waals surface area contributed by atoms with Crippen molar-refractivity contribution in [1.82, 2.24) is 10.2 Å². The normalized spacial score (nSPS) is 11.2. The SMILES string of the molecule is CNCCN(C)C(=O)c1oc2c(ccc3ccccc32)c1C. The molecule has 1 N–H and O–H groups in total. The number of aryl methyl sites for hydroxylation is 1. The summed E-state index contributed by atoms with van der Waals surface area (Å²) in [6, 6.07) is 12.2. The van der Waals surface area contributed by atoms with E-state index in [0.29, 0.717) is 12.3 Å². The number of carbonyl (C=O) groups excluding carboxylic acids is 1. The number of amides is 1. The molecule has 0 unspecified atom stereocenters. The molecule has 0 bridgehead atoms. The van der Waals surface area contributed by atoms with Crippen molar-refractivity contribution in [1.29, 1.82) is 0 Å². The summed E-state index contributed by atoms with van der Waals surface area (Å²) in [5, 5.41) is 6.21. The predicted octanol–water partition coefficient (Wildman–Crippen LogP) is 3.19. The fraction of sp³-hybridized carbons (Fsp3) is 0.278. The molecule has 2 aromatic carbocycles. The summed E-state index contributed by atoms with van der Waals surface area (Å²) in [7, 11) is 3.67. The number of benzene rings is 2. The fourth-order valence-electron chi connectivity index (χ4n) is 2.71. The predicted molar refractivity (Wildman–Crippen MR) is 89.3 cm³/mol. The molecule has 0 spiro atoms. The molecule has 1 amide bonds. The van der Waals surface area contributed by atoms with E-state index in [1.165, 1.54) is 0 Å². The highest BCUT2D eigenvalue weighted by Crippen LogP contribution is 2.32. The van der Waals surface area contributed by atoms with Crippen molar-refractivity contribution in [3.05, 3.63) is 47.7 Å².